The van der Waals surface area contributed by atoms with Crippen LogP contribution in [0.2, 0.25) is 0 Å². The van der Waals surface area contributed by atoms with Crippen molar-refractivity contribution in [2.45, 2.75) is 46.5 Å². The molecule has 6 heteroatoms. The molecule has 0 fully saturated rings. The number of rotatable bonds is 10. The van der Waals surface area contributed by atoms with Gasteiger partial charge in [0.1, 0.15) is 0 Å². The van der Waals surface area contributed by atoms with Crippen LogP contribution in [0.25, 0.3) is 0 Å². The van der Waals surface area contributed by atoms with E-state index in [9.17, 15) is 9.59 Å². The lowest BCUT2D eigenvalue weighted by Gasteiger charge is -2.23. The van der Waals surface area contributed by atoms with Gasteiger partial charge in [0.2, 0.25) is 0 Å². The monoisotopic (exact) mass is 297 g/mol. The van der Waals surface area contributed by atoms with E-state index in [2.05, 4.69) is 11.4 Å². The molecule has 2 unspecified atom stereocenters. The van der Waals surface area contributed by atoms with Crippen LogP contribution in [-0.2, 0) is 4.79 Å². The number of carboxylic acids is 1. The van der Waals surface area contributed by atoms with Gasteiger partial charge in [0, 0.05) is 26.1 Å². The zero-order valence-electron chi connectivity index (χ0n) is 13.3. The Balaban J connectivity index is 4.09. The fraction of sp³-hybridized carbons (Fsp3) is 0.800. The van der Waals surface area contributed by atoms with Crippen LogP contribution in [0.4, 0.5) is 4.79 Å². The van der Waals surface area contributed by atoms with Crippen LogP contribution in [0.15, 0.2) is 0 Å². The number of urea groups is 1. The third-order valence-electron chi connectivity index (χ3n) is 3.56. The fourth-order valence-electron chi connectivity index (χ4n) is 2.10. The van der Waals surface area contributed by atoms with Crippen LogP contribution in [0.1, 0.15) is 46.5 Å². The first-order valence-electron chi connectivity index (χ1n) is 7.58. The minimum atomic E-state index is -0.778. The molecule has 2 N–H and O–H groups in total. The van der Waals surface area contributed by atoms with Gasteiger partial charge < -0.3 is 15.3 Å². The Hall–Kier alpha value is -1.77. The van der Waals surface area contributed by atoms with Gasteiger partial charge in [0.15, 0.2) is 0 Å². The highest BCUT2D eigenvalue weighted by atomic mass is 16.4. The van der Waals surface area contributed by atoms with Gasteiger partial charge in [0.25, 0.3) is 0 Å². The number of carboxylic acid groups (broad SMARTS) is 1. The number of carbonyl (C=O) groups excluding carboxylic acids is 1. The molecule has 0 heterocycles. The van der Waals surface area contributed by atoms with Gasteiger partial charge in [0.05, 0.1) is 12.0 Å². The quantitative estimate of drug-likeness (QED) is 0.647. The third-order valence-corrected chi connectivity index (χ3v) is 3.56. The van der Waals surface area contributed by atoms with Gasteiger partial charge in [-0.15, -0.1) is 0 Å². The Bertz CT molecular complexity index is 366. The van der Waals surface area contributed by atoms with Crippen molar-refractivity contribution in [1.29, 1.82) is 5.26 Å². The molecule has 0 saturated carbocycles. The first-order chi connectivity index (χ1) is 9.94. The molecule has 0 aromatic heterocycles. The van der Waals surface area contributed by atoms with Crippen molar-refractivity contribution in [3.63, 3.8) is 0 Å². The normalized spacial score (nSPS) is 13.0. The maximum absolute atomic E-state index is 12.0. The summed E-state index contributed by atoms with van der Waals surface area (Å²) in [6.07, 6.45) is 2.50. The average Bonchev–Trinajstić information content (AvgIpc) is 2.47. The van der Waals surface area contributed by atoms with Crippen molar-refractivity contribution in [1.82, 2.24) is 10.2 Å². The second-order valence-corrected chi connectivity index (χ2v) is 5.30. The summed E-state index contributed by atoms with van der Waals surface area (Å²) in [7, 11) is 0. The Kier molecular flexibility index (Phi) is 10.0. The number of amides is 2. The SMILES string of the molecule is CCC(CCNC(=O)N(CC)CC(C)C#N)CCC(=O)O. The molecular formula is C15H27N3O3. The molecule has 120 valence electrons. The van der Waals surface area contributed by atoms with Crippen molar-refractivity contribution < 1.29 is 14.7 Å². The van der Waals surface area contributed by atoms with Crippen LogP contribution < -0.4 is 5.32 Å². The van der Waals surface area contributed by atoms with Gasteiger partial charge in [-0.2, -0.15) is 5.26 Å². The van der Waals surface area contributed by atoms with Crippen LogP contribution in [0.3, 0.4) is 0 Å². The summed E-state index contributed by atoms with van der Waals surface area (Å²) in [5.74, 6) is -0.649. The molecule has 2 amide bonds. The molecule has 0 radical (unpaired) electrons. The van der Waals surface area contributed by atoms with E-state index in [1.165, 1.54) is 0 Å². The van der Waals surface area contributed by atoms with Crippen molar-refractivity contribution in [2.75, 3.05) is 19.6 Å². The Morgan fingerprint density at radius 1 is 1.33 bits per heavy atom. The highest BCUT2D eigenvalue weighted by molar-refractivity contribution is 5.74. The van der Waals surface area contributed by atoms with Crippen molar-refractivity contribution >= 4 is 12.0 Å². The van der Waals surface area contributed by atoms with Crippen molar-refractivity contribution in [3.05, 3.63) is 0 Å². The molecule has 0 aliphatic heterocycles. The minimum Gasteiger partial charge on any atom is -0.481 e. The summed E-state index contributed by atoms with van der Waals surface area (Å²) < 4.78 is 0. The maximum atomic E-state index is 12.0. The van der Waals surface area contributed by atoms with E-state index in [0.29, 0.717) is 32.0 Å². The number of hydrogen-bond donors (Lipinski definition) is 2. The largest absolute Gasteiger partial charge is 0.481 e. The molecule has 0 saturated heterocycles. The lowest BCUT2D eigenvalue weighted by Crippen LogP contribution is -2.42. The predicted octanol–water partition coefficient (Wildman–Crippen LogP) is 2.46. The molecular weight excluding hydrogens is 270 g/mol. The summed E-state index contributed by atoms with van der Waals surface area (Å²) >= 11 is 0. The van der Waals surface area contributed by atoms with Crippen LogP contribution >= 0.6 is 0 Å². The van der Waals surface area contributed by atoms with Gasteiger partial charge in [-0.1, -0.05) is 13.3 Å². The van der Waals surface area contributed by atoms with E-state index in [4.69, 9.17) is 10.4 Å². The van der Waals surface area contributed by atoms with E-state index in [-0.39, 0.29) is 18.4 Å². The molecule has 0 aromatic rings. The number of nitrogens with zero attached hydrogens (tertiary/aromatic N) is 2. The number of nitrogens with one attached hydrogen (secondary N) is 1. The first-order valence-corrected chi connectivity index (χ1v) is 7.58. The molecule has 6 nitrogen and oxygen atoms in total. The molecule has 2 atom stereocenters. The second-order valence-electron chi connectivity index (χ2n) is 5.30. The highest BCUT2D eigenvalue weighted by Crippen LogP contribution is 2.14. The van der Waals surface area contributed by atoms with Crippen molar-refractivity contribution in [2.24, 2.45) is 11.8 Å². The molecule has 0 spiro atoms. The maximum Gasteiger partial charge on any atom is 0.317 e. The third kappa shape index (κ3) is 8.90. The molecule has 0 rings (SSSR count). The minimum absolute atomic E-state index is 0.160. The molecule has 0 aromatic carbocycles. The summed E-state index contributed by atoms with van der Waals surface area (Å²) in [4.78, 5) is 24.1. The predicted molar refractivity (Wildman–Crippen MR) is 80.7 cm³/mol. The number of hydrogen-bond acceptors (Lipinski definition) is 3. The van der Waals surface area contributed by atoms with Crippen molar-refractivity contribution in [3.8, 4) is 6.07 Å². The summed E-state index contributed by atoms with van der Waals surface area (Å²) in [6.45, 7) is 7.22. The number of aliphatic carboxylic acids is 1. The number of carbonyl (C=O) groups is 2. The van der Waals surface area contributed by atoms with Crippen LogP contribution in [0, 0.1) is 23.2 Å². The second kappa shape index (κ2) is 11.0. The van der Waals surface area contributed by atoms with E-state index >= 15 is 0 Å². The van der Waals surface area contributed by atoms with E-state index in [1.54, 1.807) is 11.8 Å². The van der Waals surface area contributed by atoms with Gasteiger partial charge in [-0.25, -0.2) is 4.79 Å². The Labute approximate surface area is 127 Å². The zero-order chi connectivity index (χ0) is 16.3. The van der Waals surface area contributed by atoms with Gasteiger partial charge >= 0.3 is 12.0 Å². The zero-order valence-corrected chi connectivity index (χ0v) is 13.3. The molecule has 0 aliphatic carbocycles. The van der Waals surface area contributed by atoms with E-state index in [1.807, 2.05) is 13.8 Å². The lowest BCUT2D eigenvalue weighted by molar-refractivity contribution is -0.137. The van der Waals surface area contributed by atoms with Gasteiger partial charge in [-0.05, 0) is 32.6 Å². The first kappa shape index (κ1) is 19.2. The topological polar surface area (TPSA) is 93.4 Å². The Morgan fingerprint density at radius 2 is 2.00 bits per heavy atom. The summed E-state index contributed by atoms with van der Waals surface area (Å²) in [5.41, 5.74) is 0. The highest BCUT2D eigenvalue weighted by Gasteiger charge is 2.15. The van der Waals surface area contributed by atoms with Crippen LogP contribution in [0.5, 0.6) is 0 Å². The van der Waals surface area contributed by atoms with E-state index < -0.39 is 5.97 Å². The average molecular weight is 297 g/mol. The summed E-state index contributed by atoms with van der Waals surface area (Å²) in [6, 6.07) is 1.96. The Morgan fingerprint density at radius 3 is 2.48 bits per heavy atom. The number of nitriles is 1. The molecule has 21 heavy (non-hydrogen) atoms. The standard InChI is InChI=1S/C15H27N3O3/c1-4-13(6-7-14(19)20)8-9-17-15(21)18(5-2)11-12(3)10-16/h12-13H,4-9,11H2,1-3H3,(H,17,21)(H,19,20). The van der Waals surface area contributed by atoms with E-state index in [0.717, 1.165) is 12.8 Å². The molecule has 0 bridgehead atoms. The smallest absolute Gasteiger partial charge is 0.317 e. The summed E-state index contributed by atoms with van der Waals surface area (Å²) in [5, 5.41) is 20.3. The fourth-order valence-corrected chi connectivity index (χ4v) is 2.10. The van der Waals surface area contributed by atoms with Crippen LogP contribution in [-0.4, -0.2) is 41.6 Å². The lowest BCUT2D eigenvalue weighted by atomic mass is 9.97. The van der Waals surface area contributed by atoms with Gasteiger partial charge in [-0.3, -0.25) is 4.79 Å². The molecule has 0 aliphatic rings.